The number of benzene rings is 1. The SMILES string of the molecule is CC(=O)N1CC[C@H]2CCN(C(=O)[C@@H]3CCCN3C(=O)C(NC(=O)c3cc4cc(C(F)(F)P(=O)(O)O)ccc4s3)C(C)(C)C)[C@H]2C1. The smallest absolute Gasteiger partial charge is 0.341 e. The molecule has 246 valence electrons. The highest BCUT2D eigenvalue weighted by atomic mass is 32.1. The van der Waals surface area contributed by atoms with Gasteiger partial charge in [-0.2, -0.15) is 8.78 Å². The van der Waals surface area contributed by atoms with Crippen LogP contribution in [-0.2, 0) is 24.6 Å². The van der Waals surface area contributed by atoms with Gasteiger partial charge in [0.15, 0.2) is 0 Å². The number of carbonyl (C=O) groups is 4. The van der Waals surface area contributed by atoms with E-state index >= 15 is 0 Å². The topological polar surface area (TPSA) is 148 Å². The highest BCUT2D eigenvalue weighted by Gasteiger charge is 2.51. The number of carbonyl (C=O) groups excluding carboxylic acids is 4. The van der Waals surface area contributed by atoms with Crippen molar-refractivity contribution in [2.24, 2.45) is 11.3 Å². The Hall–Kier alpha value is -2.93. The van der Waals surface area contributed by atoms with Gasteiger partial charge in [0.05, 0.1) is 10.9 Å². The minimum absolute atomic E-state index is 0.0210. The summed E-state index contributed by atoms with van der Waals surface area (Å²) < 4.78 is 40.4. The molecule has 3 N–H and O–H groups in total. The fourth-order valence-electron chi connectivity index (χ4n) is 6.71. The van der Waals surface area contributed by atoms with Crippen molar-refractivity contribution in [3.05, 3.63) is 34.7 Å². The van der Waals surface area contributed by atoms with Crippen LogP contribution in [0.2, 0.25) is 0 Å². The van der Waals surface area contributed by atoms with Gasteiger partial charge in [0.25, 0.3) is 5.91 Å². The standard InChI is InChI=1S/C30H39F2N4O7PS/c1-17(37)34-12-9-18-10-13-36(22(18)16-34)27(39)21-6-5-11-35(21)28(40)25(29(2,3)4)33-26(38)24-15-19-14-20(7-8-23(19)45-24)30(31,32)44(41,42)43/h7-8,14-15,18,21-22,25H,5-6,9-13,16H2,1-4H3,(H,33,38)(H2,41,42,43)/t18-,21-,22-,25?/m0/s1. The molecular weight excluding hydrogens is 629 g/mol. The Labute approximate surface area is 264 Å². The maximum absolute atomic E-state index is 14.3. The number of fused-ring (bicyclic) bond motifs is 2. The van der Waals surface area contributed by atoms with E-state index in [4.69, 9.17) is 9.79 Å². The van der Waals surface area contributed by atoms with Gasteiger partial charge >= 0.3 is 13.3 Å². The van der Waals surface area contributed by atoms with Crippen LogP contribution in [0.1, 0.15) is 68.6 Å². The summed E-state index contributed by atoms with van der Waals surface area (Å²) in [6.45, 7) is 9.03. The lowest BCUT2D eigenvalue weighted by atomic mass is 9.85. The summed E-state index contributed by atoms with van der Waals surface area (Å²) in [7, 11) is -5.77. The van der Waals surface area contributed by atoms with Gasteiger partial charge in [-0.05, 0) is 60.6 Å². The summed E-state index contributed by atoms with van der Waals surface area (Å²) in [5.41, 5.74) is -6.01. The van der Waals surface area contributed by atoms with Crippen molar-refractivity contribution < 1.29 is 42.3 Å². The minimum atomic E-state index is -5.77. The number of piperidine rings is 1. The number of alkyl halides is 2. The zero-order valence-electron chi connectivity index (χ0n) is 25.7. The lowest BCUT2D eigenvalue weighted by Gasteiger charge is -2.40. The fraction of sp³-hybridized carbons (Fsp3) is 0.600. The van der Waals surface area contributed by atoms with Crippen LogP contribution in [0.4, 0.5) is 8.78 Å². The molecule has 4 heterocycles. The van der Waals surface area contributed by atoms with E-state index in [0.717, 1.165) is 36.3 Å². The third-order valence-electron chi connectivity index (χ3n) is 9.25. The summed E-state index contributed by atoms with van der Waals surface area (Å²) in [4.78, 5) is 77.0. The van der Waals surface area contributed by atoms with Crippen molar-refractivity contribution in [3.8, 4) is 0 Å². The molecule has 0 aliphatic carbocycles. The van der Waals surface area contributed by atoms with Crippen LogP contribution in [0.5, 0.6) is 0 Å². The molecule has 5 rings (SSSR count). The van der Waals surface area contributed by atoms with Crippen LogP contribution in [0.15, 0.2) is 24.3 Å². The van der Waals surface area contributed by atoms with Crippen molar-refractivity contribution in [3.63, 3.8) is 0 Å². The second kappa shape index (κ2) is 12.0. The molecule has 0 spiro atoms. The number of rotatable bonds is 6. The van der Waals surface area contributed by atoms with E-state index < -0.39 is 42.2 Å². The number of hydrogen-bond donors (Lipinski definition) is 3. The van der Waals surface area contributed by atoms with Gasteiger partial charge in [-0.25, -0.2) is 0 Å². The molecule has 3 fully saturated rings. The maximum atomic E-state index is 14.3. The molecule has 0 radical (unpaired) electrons. The van der Waals surface area contributed by atoms with Crippen LogP contribution in [0.25, 0.3) is 10.1 Å². The molecule has 1 aromatic heterocycles. The summed E-state index contributed by atoms with van der Waals surface area (Å²) >= 11 is 0.999. The molecule has 1 aromatic carbocycles. The molecule has 0 bridgehead atoms. The number of amides is 4. The highest BCUT2D eigenvalue weighted by Crippen LogP contribution is 2.59. The van der Waals surface area contributed by atoms with Crippen LogP contribution in [0, 0.1) is 11.3 Å². The minimum Gasteiger partial charge on any atom is -0.341 e. The maximum Gasteiger partial charge on any atom is 0.399 e. The van der Waals surface area contributed by atoms with Crippen LogP contribution in [-0.4, -0.2) is 92.4 Å². The Balaban J connectivity index is 1.34. The average Bonchev–Trinajstić information content (AvgIpc) is 3.71. The first-order valence-electron chi connectivity index (χ1n) is 15.0. The summed E-state index contributed by atoms with van der Waals surface area (Å²) in [6, 6.07) is 2.71. The first-order valence-corrected chi connectivity index (χ1v) is 17.5. The Morgan fingerprint density at radius 1 is 1.02 bits per heavy atom. The van der Waals surface area contributed by atoms with Crippen molar-refractivity contribution in [2.75, 3.05) is 26.2 Å². The predicted octanol–water partition coefficient (Wildman–Crippen LogP) is 3.73. The van der Waals surface area contributed by atoms with Gasteiger partial charge in [0, 0.05) is 43.4 Å². The number of thiophene rings is 1. The Bertz CT molecular complexity index is 1570. The van der Waals surface area contributed by atoms with Crippen molar-refractivity contribution in [1.82, 2.24) is 20.0 Å². The summed E-state index contributed by atoms with van der Waals surface area (Å²) in [5, 5.41) is 3.01. The van der Waals surface area contributed by atoms with Crippen molar-refractivity contribution >= 4 is 52.6 Å². The van der Waals surface area contributed by atoms with Gasteiger partial charge in [-0.15, -0.1) is 11.3 Å². The van der Waals surface area contributed by atoms with E-state index in [1.165, 1.54) is 19.1 Å². The second-order valence-electron chi connectivity index (χ2n) is 13.3. The Morgan fingerprint density at radius 3 is 2.36 bits per heavy atom. The molecule has 3 saturated heterocycles. The number of nitrogens with one attached hydrogen (secondary N) is 1. The summed E-state index contributed by atoms with van der Waals surface area (Å²) in [6.07, 6.45) is 2.83. The Morgan fingerprint density at radius 2 is 1.71 bits per heavy atom. The average molecular weight is 669 g/mol. The van der Waals surface area contributed by atoms with E-state index in [1.807, 2.05) is 4.90 Å². The summed E-state index contributed by atoms with van der Waals surface area (Å²) in [5.74, 6) is -0.834. The Kier molecular flexibility index (Phi) is 8.93. The van der Waals surface area contributed by atoms with Crippen LogP contribution >= 0.6 is 18.9 Å². The molecule has 1 unspecified atom stereocenters. The van der Waals surface area contributed by atoms with Gasteiger partial charge < -0.3 is 29.8 Å². The molecule has 4 amide bonds. The van der Waals surface area contributed by atoms with Crippen LogP contribution in [0.3, 0.4) is 0 Å². The largest absolute Gasteiger partial charge is 0.399 e. The van der Waals surface area contributed by atoms with E-state index in [0.29, 0.717) is 49.6 Å². The molecule has 15 heteroatoms. The van der Waals surface area contributed by atoms with Gasteiger partial charge in [-0.3, -0.25) is 23.7 Å². The molecule has 45 heavy (non-hydrogen) atoms. The number of halogens is 2. The number of hydrogen-bond acceptors (Lipinski definition) is 6. The third kappa shape index (κ3) is 6.39. The number of nitrogens with zero attached hydrogens (tertiary/aromatic N) is 3. The zero-order valence-corrected chi connectivity index (χ0v) is 27.4. The zero-order chi connectivity index (χ0) is 33.1. The highest BCUT2D eigenvalue weighted by molar-refractivity contribution is 7.52. The van der Waals surface area contributed by atoms with Crippen molar-refractivity contribution in [1.29, 1.82) is 0 Å². The first-order chi connectivity index (χ1) is 20.9. The van der Waals surface area contributed by atoms with E-state index in [-0.39, 0.29) is 34.0 Å². The van der Waals surface area contributed by atoms with E-state index in [9.17, 15) is 32.5 Å². The predicted molar refractivity (Wildman–Crippen MR) is 164 cm³/mol. The number of likely N-dealkylation sites (tertiary alicyclic amines) is 3. The molecule has 11 nitrogen and oxygen atoms in total. The van der Waals surface area contributed by atoms with Crippen molar-refractivity contribution in [2.45, 2.75) is 77.2 Å². The first kappa shape index (κ1) is 33.4. The molecule has 0 saturated carbocycles. The van der Waals surface area contributed by atoms with Crippen LogP contribution < -0.4 is 5.32 Å². The van der Waals surface area contributed by atoms with Gasteiger partial charge in [0.2, 0.25) is 17.7 Å². The lowest BCUT2D eigenvalue weighted by molar-refractivity contribution is -0.148. The molecule has 3 aliphatic rings. The fourth-order valence-corrected chi connectivity index (χ4v) is 8.13. The normalized spacial score (nSPS) is 23.3. The monoisotopic (exact) mass is 668 g/mol. The van der Waals surface area contributed by atoms with Gasteiger partial charge in [-0.1, -0.05) is 26.8 Å². The molecule has 3 aliphatic heterocycles. The van der Waals surface area contributed by atoms with E-state index in [2.05, 4.69) is 5.32 Å². The molecular formula is C30H39F2N4O7PS. The lowest BCUT2D eigenvalue weighted by Crippen LogP contribution is -2.59. The van der Waals surface area contributed by atoms with E-state index in [1.54, 1.807) is 30.6 Å². The third-order valence-corrected chi connectivity index (χ3v) is 11.4. The molecule has 4 atom stereocenters. The van der Waals surface area contributed by atoms with Gasteiger partial charge in [0.1, 0.15) is 12.1 Å². The quantitative estimate of drug-likeness (QED) is 0.398. The molecule has 2 aromatic rings. The second-order valence-corrected chi connectivity index (χ2v) is 16.0.